The Kier molecular flexibility index (Phi) is 3.83. The molecule has 0 aromatic carbocycles. The highest BCUT2D eigenvalue weighted by Gasteiger charge is 2.48. The molecule has 20 heavy (non-hydrogen) atoms. The molecule has 3 nitrogen and oxygen atoms in total. The van der Waals surface area contributed by atoms with Crippen LogP contribution in [0.2, 0.25) is 0 Å². The van der Waals surface area contributed by atoms with E-state index in [0.717, 1.165) is 19.3 Å². The Morgan fingerprint density at radius 2 is 1.50 bits per heavy atom. The van der Waals surface area contributed by atoms with Gasteiger partial charge in [-0.1, -0.05) is 31.1 Å². The molecule has 3 rings (SSSR count). The molecule has 3 aliphatic rings. The lowest BCUT2D eigenvalue weighted by Crippen LogP contribution is -2.26. The van der Waals surface area contributed by atoms with Crippen LogP contribution < -0.4 is 0 Å². The number of fused-ring (bicyclic) bond motifs is 1. The van der Waals surface area contributed by atoms with Gasteiger partial charge in [-0.25, -0.2) is 0 Å². The average molecular weight is 273 g/mol. The van der Waals surface area contributed by atoms with Crippen LogP contribution >= 0.6 is 0 Å². The number of rotatable bonds is 0. The molecule has 0 N–H and O–H groups in total. The van der Waals surface area contributed by atoms with Gasteiger partial charge in [-0.05, 0) is 32.1 Å². The summed E-state index contributed by atoms with van der Waals surface area (Å²) in [6, 6.07) is 0. The summed E-state index contributed by atoms with van der Waals surface area (Å²) in [5.74, 6) is 7.66. The van der Waals surface area contributed by atoms with Gasteiger partial charge in [-0.2, -0.15) is 0 Å². The Labute approximate surface area is 121 Å². The second kappa shape index (κ2) is 5.60. The lowest BCUT2D eigenvalue weighted by Gasteiger charge is -2.25. The maximum Gasteiger partial charge on any atom is 0.232 e. The van der Waals surface area contributed by atoms with Crippen LogP contribution in [0.4, 0.5) is 0 Å². The fourth-order valence-corrected chi connectivity index (χ4v) is 3.96. The molecule has 1 saturated heterocycles. The van der Waals surface area contributed by atoms with Crippen LogP contribution in [-0.2, 0) is 9.59 Å². The van der Waals surface area contributed by atoms with Gasteiger partial charge in [0.15, 0.2) is 0 Å². The van der Waals surface area contributed by atoms with Gasteiger partial charge >= 0.3 is 0 Å². The van der Waals surface area contributed by atoms with Crippen LogP contribution in [0.3, 0.4) is 0 Å². The van der Waals surface area contributed by atoms with Crippen LogP contribution in [0.25, 0.3) is 0 Å². The molecule has 2 saturated carbocycles. The van der Waals surface area contributed by atoms with E-state index >= 15 is 0 Å². The highest BCUT2D eigenvalue weighted by molar-refractivity contribution is 6.04. The molecular weight excluding hydrogens is 250 g/mol. The van der Waals surface area contributed by atoms with E-state index in [4.69, 9.17) is 0 Å². The van der Waals surface area contributed by atoms with Gasteiger partial charge in [-0.15, -0.1) is 0 Å². The largest absolute Gasteiger partial charge is 0.285 e. The number of amides is 2. The fourth-order valence-electron chi connectivity index (χ4n) is 3.96. The van der Waals surface area contributed by atoms with Crippen molar-refractivity contribution in [2.75, 3.05) is 7.05 Å². The van der Waals surface area contributed by atoms with Gasteiger partial charge in [0, 0.05) is 18.9 Å². The maximum absolute atomic E-state index is 12.1. The van der Waals surface area contributed by atoms with Crippen molar-refractivity contribution in [1.29, 1.82) is 0 Å². The van der Waals surface area contributed by atoms with Gasteiger partial charge in [0.2, 0.25) is 11.8 Å². The first-order valence-corrected chi connectivity index (χ1v) is 7.99. The zero-order valence-electron chi connectivity index (χ0n) is 12.2. The van der Waals surface area contributed by atoms with Crippen molar-refractivity contribution in [1.82, 2.24) is 4.90 Å². The zero-order chi connectivity index (χ0) is 14.1. The summed E-state index contributed by atoms with van der Waals surface area (Å²) in [7, 11) is 1.62. The summed E-state index contributed by atoms with van der Waals surface area (Å²) in [4.78, 5) is 25.3. The molecule has 1 heterocycles. The third-order valence-corrected chi connectivity index (χ3v) is 5.24. The Balaban J connectivity index is 1.63. The molecule has 3 atom stereocenters. The quantitative estimate of drug-likeness (QED) is 0.502. The molecule has 1 aliphatic heterocycles. The standard InChI is InChI=1S/C17H23NO2/c1-18-16(19)14-10-9-13(11-15(14)17(18)20)8-7-12-5-3-2-4-6-12/h12-15H,2-6,9-11H2,1H3. The lowest BCUT2D eigenvalue weighted by molar-refractivity contribution is -0.138. The first-order chi connectivity index (χ1) is 9.66. The first-order valence-electron chi connectivity index (χ1n) is 7.99. The van der Waals surface area contributed by atoms with Crippen molar-refractivity contribution in [3.8, 4) is 11.8 Å². The summed E-state index contributed by atoms with van der Waals surface area (Å²) in [5.41, 5.74) is 0. The summed E-state index contributed by atoms with van der Waals surface area (Å²) in [6.07, 6.45) is 9.07. The van der Waals surface area contributed by atoms with Crippen molar-refractivity contribution < 1.29 is 9.59 Å². The summed E-state index contributed by atoms with van der Waals surface area (Å²) < 4.78 is 0. The number of nitrogens with zero attached hydrogens (tertiary/aromatic N) is 1. The fraction of sp³-hybridized carbons (Fsp3) is 0.765. The second-order valence-corrected chi connectivity index (χ2v) is 6.58. The average Bonchev–Trinajstić information content (AvgIpc) is 2.71. The van der Waals surface area contributed by atoms with E-state index in [0.29, 0.717) is 11.8 Å². The Bertz CT molecular complexity index is 467. The molecule has 0 radical (unpaired) electrons. The molecule has 108 valence electrons. The molecule has 2 aliphatic carbocycles. The van der Waals surface area contributed by atoms with E-state index in [2.05, 4.69) is 11.8 Å². The molecular formula is C17H23NO2. The molecule has 2 amide bonds. The lowest BCUT2D eigenvalue weighted by atomic mass is 9.75. The van der Waals surface area contributed by atoms with Gasteiger partial charge in [0.25, 0.3) is 0 Å². The second-order valence-electron chi connectivity index (χ2n) is 6.58. The topological polar surface area (TPSA) is 37.4 Å². The van der Waals surface area contributed by atoms with Gasteiger partial charge < -0.3 is 0 Å². The number of hydrogen-bond acceptors (Lipinski definition) is 2. The number of imide groups is 1. The Hall–Kier alpha value is -1.30. The van der Waals surface area contributed by atoms with E-state index in [1.54, 1.807) is 7.05 Å². The van der Waals surface area contributed by atoms with Crippen LogP contribution in [0.15, 0.2) is 0 Å². The van der Waals surface area contributed by atoms with E-state index in [-0.39, 0.29) is 23.7 Å². The van der Waals surface area contributed by atoms with Gasteiger partial charge in [0.1, 0.15) is 0 Å². The molecule has 0 bridgehead atoms. The number of likely N-dealkylation sites (tertiary alicyclic amines) is 1. The Morgan fingerprint density at radius 3 is 2.25 bits per heavy atom. The summed E-state index contributed by atoms with van der Waals surface area (Å²) in [5, 5.41) is 0. The SMILES string of the molecule is CN1C(=O)C2CCC(C#CC3CCCCC3)CC2C1=O. The molecule has 3 unspecified atom stereocenters. The highest BCUT2D eigenvalue weighted by Crippen LogP contribution is 2.40. The number of carbonyl (C=O) groups excluding carboxylic acids is 2. The maximum atomic E-state index is 12.1. The van der Waals surface area contributed by atoms with Crippen LogP contribution in [-0.4, -0.2) is 23.8 Å². The highest BCUT2D eigenvalue weighted by atomic mass is 16.2. The van der Waals surface area contributed by atoms with E-state index in [1.165, 1.54) is 37.0 Å². The third kappa shape index (κ3) is 2.49. The normalized spacial score (nSPS) is 34.6. The van der Waals surface area contributed by atoms with E-state index < -0.39 is 0 Å². The molecule has 3 heteroatoms. The predicted octanol–water partition coefficient (Wildman–Crippen LogP) is 2.60. The number of carbonyl (C=O) groups is 2. The summed E-state index contributed by atoms with van der Waals surface area (Å²) in [6.45, 7) is 0. The van der Waals surface area contributed by atoms with Crippen LogP contribution in [0.1, 0.15) is 51.4 Å². The van der Waals surface area contributed by atoms with Gasteiger partial charge in [-0.3, -0.25) is 14.5 Å². The number of hydrogen-bond donors (Lipinski definition) is 0. The van der Waals surface area contributed by atoms with Crippen LogP contribution in [0, 0.1) is 35.5 Å². The van der Waals surface area contributed by atoms with Crippen molar-refractivity contribution in [3.63, 3.8) is 0 Å². The molecule has 3 fully saturated rings. The predicted molar refractivity (Wildman–Crippen MR) is 76.4 cm³/mol. The minimum absolute atomic E-state index is 0.0177. The zero-order valence-corrected chi connectivity index (χ0v) is 12.2. The summed E-state index contributed by atoms with van der Waals surface area (Å²) >= 11 is 0. The van der Waals surface area contributed by atoms with Crippen molar-refractivity contribution in [2.24, 2.45) is 23.7 Å². The van der Waals surface area contributed by atoms with E-state index in [1.807, 2.05) is 0 Å². The minimum atomic E-state index is -0.0908. The molecule has 0 spiro atoms. The smallest absolute Gasteiger partial charge is 0.232 e. The van der Waals surface area contributed by atoms with Gasteiger partial charge in [0.05, 0.1) is 11.8 Å². The van der Waals surface area contributed by atoms with Crippen molar-refractivity contribution >= 4 is 11.8 Å². The monoisotopic (exact) mass is 273 g/mol. The third-order valence-electron chi connectivity index (χ3n) is 5.24. The van der Waals surface area contributed by atoms with Crippen molar-refractivity contribution in [3.05, 3.63) is 0 Å². The van der Waals surface area contributed by atoms with Crippen LogP contribution in [0.5, 0.6) is 0 Å². The molecule has 0 aromatic heterocycles. The first kappa shape index (κ1) is 13.7. The minimum Gasteiger partial charge on any atom is -0.285 e. The van der Waals surface area contributed by atoms with Crippen molar-refractivity contribution in [2.45, 2.75) is 51.4 Å². The molecule has 0 aromatic rings. The Morgan fingerprint density at radius 1 is 0.850 bits per heavy atom. The van der Waals surface area contributed by atoms with E-state index in [9.17, 15) is 9.59 Å².